The standard InChI is InChI=1S/C20H16ClN5O5S2/c21-17-15-5-4-14(26(30)31)11-16(15)33-18(17)19(27)23-6-8-24(9-7-23)20(32)22-12-2-1-3-13(10-12)25(28)29/h1-5,10-11H,6-9H2,(H,22,32). The van der Waals surface area contributed by atoms with Gasteiger partial charge in [-0.25, -0.2) is 0 Å². The Morgan fingerprint density at radius 3 is 2.30 bits per heavy atom. The minimum atomic E-state index is -0.488. The topological polar surface area (TPSA) is 122 Å². The Balaban J connectivity index is 1.41. The van der Waals surface area contributed by atoms with Gasteiger partial charge in [0.05, 0.1) is 14.9 Å². The Labute approximate surface area is 201 Å². The van der Waals surface area contributed by atoms with Crippen LogP contribution in [0.3, 0.4) is 0 Å². The fourth-order valence-corrected chi connectivity index (χ4v) is 5.27. The van der Waals surface area contributed by atoms with Gasteiger partial charge in [-0.15, -0.1) is 11.3 Å². The van der Waals surface area contributed by atoms with E-state index in [0.717, 1.165) is 11.3 Å². The zero-order valence-corrected chi connectivity index (χ0v) is 19.3. The molecular weight excluding hydrogens is 490 g/mol. The number of non-ortho nitro benzene ring substituents is 2. The number of carbonyl (C=O) groups is 1. The molecule has 1 aliphatic rings. The van der Waals surface area contributed by atoms with Crippen molar-refractivity contribution in [1.82, 2.24) is 9.80 Å². The molecule has 1 aliphatic heterocycles. The Morgan fingerprint density at radius 2 is 1.64 bits per heavy atom. The molecule has 0 spiro atoms. The Morgan fingerprint density at radius 1 is 1.00 bits per heavy atom. The number of anilines is 1. The summed E-state index contributed by atoms with van der Waals surface area (Å²) in [6.45, 7) is 1.75. The molecule has 1 N–H and O–H groups in total. The molecule has 170 valence electrons. The first-order chi connectivity index (χ1) is 15.7. The molecule has 10 nitrogen and oxygen atoms in total. The quantitative estimate of drug-likeness (QED) is 0.312. The molecule has 33 heavy (non-hydrogen) atoms. The number of halogens is 1. The summed E-state index contributed by atoms with van der Waals surface area (Å²) in [7, 11) is 0. The zero-order valence-electron chi connectivity index (χ0n) is 16.9. The fourth-order valence-electron chi connectivity index (χ4n) is 3.46. The number of thiocarbonyl (C=S) groups is 1. The summed E-state index contributed by atoms with van der Waals surface area (Å²) in [5.74, 6) is -0.235. The number of nitrogens with zero attached hydrogens (tertiary/aromatic N) is 4. The smallest absolute Gasteiger partial charge is 0.271 e. The van der Waals surface area contributed by atoms with Crippen molar-refractivity contribution in [1.29, 1.82) is 0 Å². The number of hydrogen-bond donors (Lipinski definition) is 1. The van der Waals surface area contributed by atoms with E-state index < -0.39 is 9.85 Å². The van der Waals surface area contributed by atoms with Crippen LogP contribution in [0.25, 0.3) is 10.1 Å². The minimum absolute atomic E-state index is 0.0382. The summed E-state index contributed by atoms with van der Waals surface area (Å²) in [5.41, 5.74) is 0.417. The maximum absolute atomic E-state index is 13.1. The highest BCUT2D eigenvalue weighted by Crippen LogP contribution is 2.38. The minimum Gasteiger partial charge on any atom is -0.345 e. The SMILES string of the molecule is O=C(c1sc2cc([N+](=O)[O-])ccc2c1Cl)N1CCN(C(=S)Nc2cccc([N+](=O)[O-])c2)CC1. The normalized spacial score (nSPS) is 13.7. The third-order valence-electron chi connectivity index (χ3n) is 5.18. The lowest BCUT2D eigenvalue weighted by molar-refractivity contribution is -0.384. The molecule has 2 heterocycles. The van der Waals surface area contributed by atoms with Gasteiger partial charge in [-0.2, -0.15) is 0 Å². The number of piperazine rings is 1. The first-order valence-electron chi connectivity index (χ1n) is 9.70. The second kappa shape index (κ2) is 9.25. The van der Waals surface area contributed by atoms with Crippen molar-refractivity contribution in [3.63, 3.8) is 0 Å². The molecule has 1 amide bonds. The van der Waals surface area contributed by atoms with Gasteiger partial charge in [0.1, 0.15) is 4.88 Å². The predicted molar refractivity (Wildman–Crippen MR) is 130 cm³/mol. The van der Waals surface area contributed by atoms with Crippen LogP contribution >= 0.6 is 35.2 Å². The number of benzene rings is 2. The second-order valence-electron chi connectivity index (χ2n) is 7.20. The molecule has 0 unspecified atom stereocenters. The first kappa shape index (κ1) is 22.8. The number of fused-ring (bicyclic) bond motifs is 1. The summed E-state index contributed by atoms with van der Waals surface area (Å²) in [4.78, 5) is 38.0. The molecule has 1 aromatic heterocycles. The number of nitro groups is 2. The second-order valence-corrected chi connectivity index (χ2v) is 9.02. The van der Waals surface area contributed by atoms with Crippen molar-refractivity contribution in [2.45, 2.75) is 0 Å². The maximum atomic E-state index is 13.1. The van der Waals surface area contributed by atoms with Crippen LogP contribution in [0.4, 0.5) is 17.1 Å². The predicted octanol–water partition coefficient (Wildman–Crippen LogP) is 4.53. The van der Waals surface area contributed by atoms with E-state index in [1.807, 2.05) is 4.90 Å². The number of nitro benzene ring substituents is 2. The van der Waals surface area contributed by atoms with Gasteiger partial charge in [0.2, 0.25) is 0 Å². The number of thiophene rings is 1. The summed E-state index contributed by atoms with van der Waals surface area (Å²) < 4.78 is 0.582. The molecule has 0 bridgehead atoms. The van der Waals surface area contributed by atoms with E-state index in [-0.39, 0.29) is 17.3 Å². The van der Waals surface area contributed by atoms with Gasteiger partial charge < -0.3 is 15.1 Å². The summed E-state index contributed by atoms with van der Waals surface area (Å²) in [6.07, 6.45) is 0. The Kier molecular flexibility index (Phi) is 6.40. The van der Waals surface area contributed by atoms with Crippen molar-refractivity contribution in [2.24, 2.45) is 0 Å². The van der Waals surface area contributed by atoms with Crippen LogP contribution in [0.5, 0.6) is 0 Å². The number of amides is 1. The van der Waals surface area contributed by atoms with Crippen LogP contribution in [-0.2, 0) is 0 Å². The van der Waals surface area contributed by atoms with Gasteiger partial charge in [0, 0.05) is 66.2 Å². The van der Waals surface area contributed by atoms with Crippen LogP contribution in [0, 0.1) is 20.2 Å². The molecular formula is C20H16ClN5O5S2. The Bertz CT molecular complexity index is 1290. The highest BCUT2D eigenvalue weighted by molar-refractivity contribution is 7.80. The molecule has 0 atom stereocenters. The zero-order chi connectivity index (χ0) is 23.7. The molecule has 1 saturated heterocycles. The number of rotatable bonds is 4. The van der Waals surface area contributed by atoms with Gasteiger partial charge >= 0.3 is 0 Å². The Hall–Kier alpha value is -3.35. The van der Waals surface area contributed by atoms with Gasteiger partial charge in [-0.3, -0.25) is 25.0 Å². The summed E-state index contributed by atoms with van der Waals surface area (Å²) in [5, 5.41) is 26.3. The van der Waals surface area contributed by atoms with Crippen LogP contribution < -0.4 is 5.32 Å². The van der Waals surface area contributed by atoms with Crippen molar-refractivity contribution in [2.75, 3.05) is 31.5 Å². The first-order valence-corrected chi connectivity index (χ1v) is 11.3. The molecule has 0 radical (unpaired) electrons. The lowest BCUT2D eigenvalue weighted by Crippen LogP contribution is -2.51. The maximum Gasteiger partial charge on any atom is 0.271 e. The van der Waals surface area contributed by atoms with Gasteiger partial charge in [0.15, 0.2) is 5.11 Å². The van der Waals surface area contributed by atoms with E-state index in [1.165, 1.54) is 24.3 Å². The van der Waals surface area contributed by atoms with Crippen LogP contribution in [0.1, 0.15) is 9.67 Å². The molecule has 0 aliphatic carbocycles. The lowest BCUT2D eigenvalue weighted by Gasteiger charge is -2.36. The average Bonchev–Trinajstić information content (AvgIpc) is 3.14. The van der Waals surface area contributed by atoms with E-state index in [2.05, 4.69) is 5.32 Å². The molecule has 0 saturated carbocycles. The van der Waals surface area contributed by atoms with Crippen molar-refractivity contribution in [3.05, 3.63) is 72.6 Å². The third-order valence-corrected chi connectivity index (χ3v) is 7.19. The number of hydrogen-bond acceptors (Lipinski definition) is 7. The van der Waals surface area contributed by atoms with Gasteiger partial charge in [-0.05, 0) is 24.4 Å². The van der Waals surface area contributed by atoms with Crippen molar-refractivity contribution in [3.8, 4) is 0 Å². The highest BCUT2D eigenvalue weighted by Gasteiger charge is 2.27. The molecule has 2 aromatic carbocycles. The highest BCUT2D eigenvalue weighted by atomic mass is 35.5. The van der Waals surface area contributed by atoms with Crippen molar-refractivity contribution >= 4 is 73.3 Å². The van der Waals surface area contributed by atoms with Crippen LogP contribution in [0.15, 0.2) is 42.5 Å². The molecule has 13 heteroatoms. The van der Waals surface area contributed by atoms with E-state index in [9.17, 15) is 25.0 Å². The average molecular weight is 506 g/mol. The number of carbonyl (C=O) groups excluding carboxylic acids is 1. The number of nitrogens with one attached hydrogen (secondary N) is 1. The molecule has 1 fully saturated rings. The van der Waals surface area contributed by atoms with E-state index in [0.29, 0.717) is 57.0 Å². The molecule has 4 rings (SSSR count). The largest absolute Gasteiger partial charge is 0.345 e. The monoisotopic (exact) mass is 505 g/mol. The van der Waals surface area contributed by atoms with E-state index in [1.54, 1.807) is 23.1 Å². The fraction of sp³-hybridized carbons (Fsp3) is 0.200. The van der Waals surface area contributed by atoms with Crippen LogP contribution in [0.2, 0.25) is 5.02 Å². The summed E-state index contributed by atoms with van der Waals surface area (Å²) >= 11 is 13.0. The lowest BCUT2D eigenvalue weighted by atomic mass is 10.2. The van der Waals surface area contributed by atoms with Gasteiger partial charge in [-0.1, -0.05) is 17.7 Å². The van der Waals surface area contributed by atoms with Gasteiger partial charge in [0.25, 0.3) is 17.3 Å². The molecule has 3 aromatic rings. The van der Waals surface area contributed by atoms with E-state index >= 15 is 0 Å². The summed E-state index contributed by atoms with van der Waals surface area (Å²) in [6, 6.07) is 10.4. The van der Waals surface area contributed by atoms with Crippen molar-refractivity contribution < 1.29 is 14.6 Å². The van der Waals surface area contributed by atoms with Crippen LogP contribution in [-0.4, -0.2) is 56.8 Å². The third kappa shape index (κ3) is 4.72. The van der Waals surface area contributed by atoms with E-state index in [4.69, 9.17) is 23.8 Å².